The average molecular weight is 315 g/mol. The number of aromatic nitrogens is 4. The van der Waals surface area contributed by atoms with Gasteiger partial charge >= 0.3 is 11.9 Å². The van der Waals surface area contributed by atoms with E-state index in [0.717, 1.165) is 5.69 Å². The van der Waals surface area contributed by atoms with Gasteiger partial charge in [-0.05, 0) is 29.5 Å². The molecule has 1 aromatic heterocycles. The summed E-state index contributed by atoms with van der Waals surface area (Å²) >= 11 is 0. The van der Waals surface area contributed by atoms with Crippen molar-refractivity contribution in [2.24, 2.45) is 0 Å². The van der Waals surface area contributed by atoms with Crippen LogP contribution in [0.2, 0.25) is 0 Å². The van der Waals surface area contributed by atoms with Crippen LogP contribution in [-0.2, 0) is 19.1 Å². The van der Waals surface area contributed by atoms with Gasteiger partial charge in [0.1, 0.15) is 0 Å². The summed E-state index contributed by atoms with van der Waals surface area (Å²) in [6.07, 6.45) is 2.58. The Kier molecular flexibility index (Phi) is 3.53. The van der Waals surface area contributed by atoms with E-state index in [1.165, 1.54) is 31.2 Å². The number of hydrogen-bond donors (Lipinski definition) is 1. The van der Waals surface area contributed by atoms with Crippen molar-refractivity contribution in [1.29, 1.82) is 0 Å². The molecule has 3 rings (SSSR count). The lowest BCUT2D eigenvalue weighted by molar-refractivity contribution is -0.222. The molecule has 1 aromatic carbocycles. The highest BCUT2D eigenvalue weighted by atomic mass is 16.7. The van der Waals surface area contributed by atoms with Crippen LogP contribution in [-0.4, -0.2) is 37.9 Å². The maximum Gasteiger partial charge on any atom is 0.350 e. The third kappa shape index (κ3) is 3.18. The molecule has 1 saturated heterocycles. The van der Waals surface area contributed by atoms with Gasteiger partial charge in [0.2, 0.25) is 0 Å². The second kappa shape index (κ2) is 5.52. The van der Waals surface area contributed by atoms with Crippen molar-refractivity contribution < 1.29 is 19.1 Å². The maximum absolute atomic E-state index is 11.8. The Morgan fingerprint density at radius 2 is 1.78 bits per heavy atom. The number of anilines is 1. The second-order valence-electron chi connectivity index (χ2n) is 5.15. The van der Waals surface area contributed by atoms with Crippen LogP contribution in [0.5, 0.6) is 0 Å². The Labute approximate surface area is 130 Å². The highest BCUT2D eigenvalue weighted by molar-refractivity contribution is 6.15. The number of carbonyl (C=O) groups excluding carboxylic acids is 2. The first-order chi connectivity index (χ1) is 10.9. The molecule has 0 bridgehead atoms. The van der Waals surface area contributed by atoms with E-state index in [1.807, 2.05) is 0 Å². The van der Waals surface area contributed by atoms with Gasteiger partial charge in [0.15, 0.2) is 11.9 Å². The zero-order valence-corrected chi connectivity index (χ0v) is 12.4. The van der Waals surface area contributed by atoms with E-state index in [2.05, 4.69) is 20.7 Å². The van der Waals surface area contributed by atoms with E-state index in [9.17, 15) is 9.59 Å². The largest absolute Gasteiger partial charge is 0.419 e. The number of carbonyl (C=O) groups is 2. The van der Waals surface area contributed by atoms with Crippen LogP contribution < -0.4 is 5.32 Å². The SMILES string of the molecule is CC1(C)OC(=O)C(=CNc2ccc(-n3ncnn3)cc2)C(=O)O1. The summed E-state index contributed by atoms with van der Waals surface area (Å²) in [7, 11) is 0. The minimum atomic E-state index is -1.25. The predicted octanol–water partition coefficient (Wildman–Crippen LogP) is 0.794. The fraction of sp³-hybridized carbons (Fsp3) is 0.214. The number of benzene rings is 1. The zero-order chi connectivity index (χ0) is 16.4. The fourth-order valence-corrected chi connectivity index (χ4v) is 1.91. The van der Waals surface area contributed by atoms with Crippen molar-refractivity contribution in [3.63, 3.8) is 0 Å². The van der Waals surface area contributed by atoms with E-state index in [4.69, 9.17) is 9.47 Å². The molecule has 0 radical (unpaired) electrons. The molecule has 1 aliphatic rings. The Bertz CT molecular complexity index is 743. The number of cyclic esters (lactones) is 2. The number of nitrogens with one attached hydrogen (secondary N) is 1. The minimum Gasteiger partial charge on any atom is -0.419 e. The lowest BCUT2D eigenvalue weighted by atomic mass is 10.2. The monoisotopic (exact) mass is 315 g/mol. The molecule has 2 heterocycles. The molecule has 0 unspecified atom stereocenters. The molecule has 0 aliphatic carbocycles. The molecule has 1 fully saturated rings. The number of hydrogen-bond acceptors (Lipinski definition) is 8. The number of esters is 2. The van der Waals surface area contributed by atoms with Gasteiger partial charge in [-0.25, -0.2) is 9.59 Å². The maximum atomic E-state index is 11.8. The molecule has 0 amide bonds. The molecule has 1 N–H and O–H groups in total. The van der Waals surface area contributed by atoms with E-state index in [1.54, 1.807) is 24.3 Å². The molecule has 0 spiro atoms. The molecule has 0 saturated carbocycles. The van der Waals surface area contributed by atoms with Crippen molar-refractivity contribution in [2.45, 2.75) is 19.6 Å². The van der Waals surface area contributed by atoms with Crippen LogP contribution in [0.3, 0.4) is 0 Å². The van der Waals surface area contributed by atoms with Crippen LogP contribution in [0.4, 0.5) is 5.69 Å². The summed E-state index contributed by atoms with van der Waals surface area (Å²) in [6.45, 7) is 2.98. The minimum absolute atomic E-state index is 0.202. The molecule has 0 atom stereocenters. The third-order valence-corrected chi connectivity index (χ3v) is 2.95. The van der Waals surface area contributed by atoms with Crippen LogP contribution in [0.1, 0.15) is 13.8 Å². The van der Waals surface area contributed by atoms with Crippen LogP contribution in [0.25, 0.3) is 5.69 Å². The Hall–Kier alpha value is -3.23. The Morgan fingerprint density at radius 3 is 2.35 bits per heavy atom. The first-order valence-corrected chi connectivity index (χ1v) is 6.71. The number of tetrazole rings is 1. The summed E-state index contributed by atoms with van der Waals surface area (Å²) in [5.41, 5.74) is 1.18. The lowest BCUT2D eigenvalue weighted by Crippen LogP contribution is -2.42. The molecule has 23 heavy (non-hydrogen) atoms. The molecule has 1 aliphatic heterocycles. The first kappa shape index (κ1) is 14.7. The fourth-order valence-electron chi connectivity index (χ4n) is 1.91. The van der Waals surface area contributed by atoms with Crippen LogP contribution in [0, 0.1) is 0 Å². The Balaban J connectivity index is 1.72. The van der Waals surface area contributed by atoms with E-state index in [-0.39, 0.29) is 5.57 Å². The quantitative estimate of drug-likeness (QED) is 0.503. The zero-order valence-electron chi connectivity index (χ0n) is 12.4. The van der Waals surface area contributed by atoms with Gasteiger partial charge in [-0.1, -0.05) is 0 Å². The van der Waals surface area contributed by atoms with Crippen LogP contribution >= 0.6 is 0 Å². The molecular weight excluding hydrogens is 302 g/mol. The first-order valence-electron chi connectivity index (χ1n) is 6.71. The number of rotatable bonds is 3. The molecule has 9 nitrogen and oxygen atoms in total. The van der Waals surface area contributed by atoms with Gasteiger partial charge in [-0.3, -0.25) is 0 Å². The van der Waals surface area contributed by atoms with Gasteiger partial charge < -0.3 is 14.8 Å². The van der Waals surface area contributed by atoms with Gasteiger partial charge in [-0.15, -0.1) is 15.0 Å². The van der Waals surface area contributed by atoms with Crippen molar-refractivity contribution in [1.82, 2.24) is 20.2 Å². The van der Waals surface area contributed by atoms with Gasteiger partial charge in [0, 0.05) is 25.7 Å². The van der Waals surface area contributed by atoms with Gasteiger partial charge in [-0.2, -0.15) is 0 Å². The number of ether oxygens (including phenoxy) is 2. The van der Waals surface area contributed by atoms with E-state index >= 15 is 0 Å². The average Bonchev–Trinajstić information content (AvgIpc) is 3.00. The summed E-state index contributed by atoms with van der Waals surface area (Å²) in [4.78, 5) is 24.9. The molecule has 2 aromatic rings. The standard InChI is InChI=1S/C14H13N5O4/c1-14(2)22-12(20)11(13(21)23-14)7-15-9-3-5-10(6-4-9)19-17-8-16-18-19/h3-8,15H,1-2H3. The topological polar surface area (TPSA) is 108 Å². The highest BCUT2D eigenvalue weighted by Gasteiger charge is 2.38. The Morgan fingerprint density at radius 1 is 1.13 bits per heavy atom. The third-order valence-electron chi connectivity index (χ3n) is 2.95. The summed E-state index contributed by atoms with van der Waals surface area (Å²) in [5.74, 6) is -2.72. The smallest absolute Gasteiger partial charge is 0.350 e. The van der Waals surface area contributed by atoms with Crippen molar-refractivity contribution in [2.75, 3.05) is 5.32 Å². The normalized spacial score (nSPS) is 16.5. The van der Waals surface area contributed by atoms with Gasteiger partial charge in [0.25, 0.3) is 5.79 Å². The predicted molar refractivity (Wildman–Crippen MR) is 77.1 cm³/mol. The number of nitrogens with zero attached hydrogens (tertiary/aromatic N) is 4. The highest BCUT2D eigenvalue weighted by Crippen LogP contribution is 2.22. The van der Waals surface area contributed by atoms with Crippen molar-refractivity contribution in [3.05, 3.63) is 42.4 Å². The van der Waals surface area contributed by atoms with Crippen molar-refractivity contribution >= 4 is 17.6 Å². The lowest BCUT2D eigenvalue weighted by Gasteiger charge is -2.29. The summed E-state index contributed by atoms with van der Waals surface area (Å²) in [5, 5.41) is 14.1. The molecular formula is C14H13N5O4. The van der Waals surface area contributed by atoms with Crippen LogP contribution in [0.15, 0.2) is 42.4 Å². The summed E-state index contributed by atoms with van der Waals surface area (Å²) in [6, 6.07) is 6.98. The van der Waals surface area contributed by atoms with Crippen molar-refractivity contribution in [3.8, 4) is 5.69 Å². The molecule has 9 heteroatoms. The summed E-state index contributed by atoms with van der Waals surface area (Å²) < 4.78 is 9.99. The van der Waals surface area contributed by atoms with E-state index < -0.39 is 17.7 Å². The van der Waals surface area contributed by atoms with Gasteiger partial charge in [0.05, 0.1) is 5.69 Å². The van der Waals surface area contributed by atoms with E-state index in [0.29, 0.717) is 5.69 Å². The second-order valence-corrected chi connectivity index (χ2v) is 5.15. The molecule has 118 valence electrons.